The van der Waals surface area contributed by atoms with E-state index < -0.39 is 0 Å². The third-order valence-corrected chi connectivity index (χ3v) is 3.22. The molecule has 84 valence electrons. The maximum atomic E-state index is 5.15. The molecule has 0 fully saturated rings. The fourth-order valence-corrected chi connectivity index (χ4v) is 2.27. The lowest BCUT2D eigenvalue weighted by Gasteiger charge is -2.18. The molecule has 2 rings (SSSR count). The Morgan fingerprint density at radius 3 is 2.75 bits per heavy atom. The number of rotatable bonds is 4. The normalized spacial score (nSPS) is 12.6. The molecule has 1 atom stereocenters. The van der Waals surface area contributed by atoms with Crippen molar-refractivity contribution < 1.29 is 4.42 Å². The van der Waals surface area contributed by atoms with E-state index >= 15 is 0 Å². The molecule has 0 aliphatic rings. The Kier molecular flexibility index (Phi) is 3.80. The van der Waals surface area contributed by atoms with E-state index in [4.69, 9.17) is 4.42 Å². The Labute approximate surface area is 104 Å². The summed E-state index contributed by atoms with van der Waals surface area (Å²) >= 11 is 3.58. The van der Waals surface area contributed by atoms with Gasteiger partial charge in [-0.25, -0.2) is 0 Å². The minimum absolute atomic E-state index is 0.180. The van der Waals surface area contributed by atoms with Crippen molar-refractivity contribution >= 4 is 15.9 Å². The summed E-state index contributed by atoms with van der Waals surface area (Å²) in [6, 6.07) is 10.4. The van der Waals surface area contributed by atoms with Crippen molar-refractivity contribution in [3.63, 3.8) is 0 Å². The average Bonchev–Trinajstić information content (AvgIpc) is 2.80. The van der Waals surface area contributed by atoms with Crippen molar-refractivity contribution in [1.82, 2.24) is 5.32 Å². The maximum Gasteiger partial charge on any atom is 0.0953 e. The molecule has 2 nitrogen and oxygen atoms in total. The van der Waals surface area contributed by atoms with Crippen molar-refractivity contribution in [1.29, 1.82) is 0 Å². The van der Waals surface area contributed by atoms with Gasteiger partial charge in [-0.2, -0.15) is 0 Å². The van der Waals surface area contributed by atoms with Crippen molar-refractivity contribution in [2.75, 3.05) is 6.54 Å². The lowest BCUT2D eigenvalue weighted by molar-refractivity contribution is 0.552. The van der Waals surface area contributed by atoms with Crippen LogP contribution in [0.15, 0.2) is 51.7 Å². The molecule has 0 saturated carbocycles. The summed E-state index contributed by atoms with van der Waals surface area (Å²) in [5.74, 6) is 0. The molecule has 0 aliphatic carbocycles. The summed E-state index contributed by atoms with van der Waals surface area (Å²) in [5, 5.41) is 3.45. The first kappa shape index (κ1) is 11.4. The van der Waals surface area contributed by atoms with Gasteiger partial charge in [0.05, 0.1) is 18.6 Å². The van der Waals surface area contributed by atoms with E-state index in [1.165, 1.54) is 5.56 Å². The highest BCUT2D eigenvalue weighted by atomic mass is 79.9. The van der Waals surface area contributed by atoms with Crippen LogP contribution in [0.25, 0.3) is 0 Å². The highest BCUT2D eigenvalue weighted by Gasteiger charge is 2.15. The average molecular weight is 280 g/mol. The quantitative estimate of drug-likeness (QED) is 0.922. The second-order valence-electron chi connectivity index (χ2n) is 3.57. The molecule has 1 unspecified atom stereocenters. The molecule has 0 amide bonds. The van der Waals surface area contributed by atoms with Crippen LogP contribution in [-0.4, -0.2) is 6.54 Å². The molecule has 0 radical (unpaired) electrons. The number of nitrogens with one attached hydrogen (secondary N) is 1. The zero-order valence-corrected chi connectivity index (χ0v) is 10.7. The van der Waals surface area contributed by atoms with Crippen molar-refractivity contribution in [3.8, 4) is 0 Å². The van der Waals surface area contributed by atoms with Gasteiger partial charge in [0.15, 0.2) is 0 Å². The minimum Gasteiger partial charge on any atom is -0.472 e. The van der Waals surface area contributed by atoms with Crippen LogP contribution in [0.4, 0.5) is 0 Å². The summed E-state index contributed by atoms with van der Waals surface area (Å²) < 4.78 is 6.26. The van der Waals surface area contributed by atoms with Gasteiger partial charge in [0.2, 0.25) is 0 Å². The van der Waals surface area contributed by atoms with Crippen molar-refractivity contribution in [3.05, 3.63) is 58.5 Å². The van der Waals surface area contributed by atoms with Gasteiger partial charge in [0.25, 0.3) is 0 Å². The Morgan fingerprint density at radius 2 is 2.12 bits per heavy atom. The van der Waals surface area contributed by atoms with Gasteiger partial charge in [0.1, 0.15) is 0 Å². The van der Waals surface area contributed by atoms with E-state index in [0.29, 0.717) is 0 Å². The van der Waals surface area contributed by atoms with E-state index in [1.807, 2.05) is 18.2 Å². The van der Waals surface area contributed by atoms with Gasteiger partial charge in [-0.3, -0.25) is 0 Å². The van der Waals surface area contributed by atoms with Crippen LogP contribution >= 0.6 is 15.9 Å². The van der Waals surface area contributed by atoms with Crippen LogP contribution < -0.4 is 5.32 Å². The molecule has 1 heterocycles. The molecule has 1 aromatic heterocycles. The molecule has 1 aromatic carbocycles. The standard InChI is InChI=1S/C13H14BrNO/c1-2-15-13(10-7-8-16-9-10)11-5-3-4-6-12(11)14/h3-9,13,15H,2H2,1H3. The van der Waals surface area contributed by atoms with Crippen LogP contribution in [0.1, 0.15) is 24.1 Å². The number of benzene rings is 1. The third-order valence-electron chi connectivity index (χ3n) is 2.50. The SMILES string of the molecule is CCNC(c1ccoc1)c1ccccc1Br. The van der Waals surface area contributed by atoms with E-state index in [9.17, 15) is 0 Å². The van der Waals surface area contributed by atoms with Gasteiger partial charge < -0.3 is 9.73 Å². The number of hydrogen-bond donors (Lipinski definition) is 1. The smallest absolute Gasteiger partial charge is 0.0953 e. The molecule has 16 heavy (non-hydrogen) atoms. The molecule has 0 saturated heterocycles. The molecule has 2 aromatic rings. The maximum absolute atomic E-state index is 5.15. The molecule has 3 heteroatoms. The first-order valence-corrected chi connectivity index (χ1v) is 6.12. The Morgan fingerprint density at radius 1 is 1.31 bits per heavy atom. The van der Waals surface area contributed by atoms with Gasteiger partial charge in [-0.15, -0.1) is 0 Å². The van der Waals surface area contributed by atoms with E-state index in [-0.39, 0.29) is 6.04 Å². The van der Waals surface area contributed by atoms with Gasteiger partial charge >= 0.3 is 0 Å². The molecule has 0 aliphatic heterocycles. The summed E-state index contributed by atoms with van der Waals surface area (Å²) in [5.41, 5.74) is 2.37. The summed E-state index contributed by atoms with van der Waals surface area (Å²) in [6.07, 6.45) is 3.49. The highest BCUT2D eigenvalue weighted by molar-refractivity contribution is 9.10. The minimum atomic E-state index is 0.180. The zero-order chi connectivity index (χ0) is 11.4. The number of halogens is 1. The first-order valence-electron chi connectivity index (χ1n) is 5.33. The fourth-order valence-electron chi connectivity index (χ4n) is 1.76. The number of furan rings is 1. The van der Waals surface area contributed by atoms with E-state index in [0.717, 1.165) is 16.6 Å². The molecule has 0 spiro atoms. The topological polar surface area (TPSA) is 25.2 Å². The predicted molar refractivity (Wildman–Crippen MR) is 68.4 cm³/mol. The first-order chi connectivity index (χ1) is 7.83. The third kappa shape index (κ3) is 2.36. The van der Waals surface area contributed by atoms with Crippen LogP contribution in [-0.2, 0) is 0 Å². The predicted octanol–water partition coefficient (Wildman–Crippen LogP) is 3.74. The highest BCUT2D eigenvalue weighted by Crippen LogP contribution is 2.28. The van der Waals surface area contributed by atoms with Crippen LogP contribution in [0.5, 0.6) is 0 Å². The second-order valence-corrected chi connectivity index (χ2v) is 4.42. The van der Waals surface area contributed by atoms with Crippen LogP contribution in [0.2, 0.25) is 0 Å². The molecular formula is C13H14BrNO. The zero-order valence-electron chi connectivity index (χ0n) is 9.11. The summed E-state index contributed by atoms with van der Waals surface area (Å²) in [4.78, 5) is 0. The number of hydrogen-bond acceptors (Lipinski definition) is 2. The lowest BCUT2D eigenvalue weighted by Crippen LogP contribution is -2.21. The largest absolute Gasteiger partial charge is 0.472 e. The fraction of sp³-hybridized carbons (Fsp3) is 0.231. The molecule has 0 bridgehead atoms. The Balaban J connectivity index is 2.37. The van der Waals surface area contributed by atoms with Crippen molar-refractivity contribution in [2.45, 2.75) is 13.0 Å². The Hall–Kier alpha value is -1.06. The second kappa shape index (κ2) is 5.32. The monoisotopic (exact) mass is 279 g/mol. The molecular weight excluding hydrogens is 266 g/mol. The Bertz CT molecular complexity index is 439. The van der Waals surface area contributed by atoms with Crippen LogP contribution in [0, 0.1) is 0 Å². The van der Waals surface area contributed by atoms with Crippen molar-refractivity contribution in [2.24, 2.45) is 0 Å². The lowest BCUT2D eigenvalue weighted by atomic mass is 10.0. The van der Waals surface area contributed by atoms with Gasteiger partial charge in [-0.05, 0) is 24.2 Å². The van der Waals surface area contributed by atoms with E-state index in [2.05, 4.69) is 40.3 Å². The van der Waals surface area contributed by atoms with Crippen LogP contribution in [0.3, 0.4) is 0 Å². The van der Waals surface area contributed by atoms with Gasteiger partial charge in [0, 0.05) is 10.0 Å². The van der Waals surface area contributed by atoms with Gasteiger partial charge in [-0.1, -0.05) is 41.1 Å². The summed E-state index contributed by atoms with van der Waals surface area (Å²) in [7, 11) is 0. The summed E-state index contributed by atoms with van der Waals surface area (Å²) in [6.45, 7) is 3.01. The molecule has 1 N–H and O–H groups in total. The van der Waals surface area contributed by atoms with E-state index in [1.54, 1.807) is 12.5 Å².